The van der Waals surface area contributed by atoms with E-state index < -0.39 is 5.82 Å². The van der Waals surface area contributed by atoms with Crippen molar-refractivity contribution in [1.29, 1.82) is 0 Å². The van der Waals surface area contributed by atoms with E-state index in [1.165, 1.54) is 18.2 Å². The molecule has 0 unspecified atom stereocenters. The van der Waals surface area contributed by atoms with Gasteiger partial charge in [0.05, 0.1) is 16.9 Å². The summed E-state index contributed by atoms with van der Waals surface area (Å²) in [5, 5.41) is 4.74. The Kier molecular flexibility index (Phi) is 3.99. The van der Waals surface area contributed by atoms with Gasteiger partial charge in [0.25, 0.3) is 5.56 Å². The smallest absolute Gasteiger partial charge is 0.256 e. The largest absolute Gasteiger partial charge is 0.353 e. The van der Waals surface area contributed by atoms with Gasteiger partial charge in [-0.2, -0.15) is 0 Å². The maximum atomic E-state index is 14.5. The van der Waals surface area contributed by atoms with Crippen LogP contribution in [-0.2, 0) is 5.41 Å². The number of hydrogen-bond donors (Lipinski definition) is 3. The molecule has 1 saturated carbocycles. The summed E-state index contributed by atoms with van der Waals surface area (Å²) in [5.74, 6) is -0.492. The summed E-state index contributed by atoms with van der Waals surface area (Å²) in [4.78, 5) is 23.2. The number of fused-ring (bicyclic) bond motifs is 1. The standard InChI is InChI=1S/C22H18ClFN4O/c1-22(6-7-22)19-18(27-17-5-9-26-20-13(17)4-8-25-20)11-15(21(29)28-19)14-10-12(23)2-3-16(14)24/h2-5,8-11H,6-7H2,1H3,(H,28,29)(H2,25,26,27). The maximum Gasteiger partial charge on any atom is 0.256 e. The van der Waals surface area contributed by atoms with Gasteiger partial charge in [-0.15, -0.1) is 0 Å². The molecule has 1 aliphatic carbocycles. The van der Waals surface area contributed by atoms with E-state index in [2.05, 4.69) is 27.2 Å². The second kappa shape index (κ2) is 6.46. The van der Waals surface area contributed by atoms with Gasteiger partial charge >= 0.3 is 0 Å². The van der Waals surface area contributed by atoms with E-state index >= 15 is 0 Å². The molecule has 1 aliphatic rings. The van der Waals surface area contributed by atoms with Crippen molar-refractivity contribution in [2.24, 2.45) is 0 Å². The second-order valence-corrected chi connectivity index (χ2v) is 8.15. The van der Waals surface area contributed by atoms with Crippen LogP contribution in [-0.4, -0.2) is 15.0 Å². The van der Waals surface area contributed by atoms with Crippen LogP contribution in [0.4, 0.5) is 15.8 Å². The van der Waals surface area contributed by atoms with Crippen molar-refractivity contribution < 1.29 is 4.39 Å². The summed E-state index contributed by atoms with van der Waals surface area (Å²) in [5.41, 5.74) is 3.17. The molecule has 0 saturated heterocycles. The number of halogens is 2. The summed E-state index contributed by atoms with van der Waals surface area (Å²) in [7, 11) is 0. The summed E-state index contributed by atoms with van der Waals surface area (Å²) < 4.78 is 14.5. The zero-order valence-electron chi connectivity index (χ0n) is 15.6. The number of anilines is 2. The van der Waals surface area contributed by atoms with Crippen molar-refractivity contribution in [3.05, 3.63) is 75.7 Å². The van der Waals surface area contributed by atoms with Crippen molar-refractivity contribution >= 4 is 34.0 Å². The predicted octanol–water partition coefficient (Wildman–Crippen LogP) is 5.51. The Hall–Kier alpha value is -3.12. The SMILES string of the molecule is CC1(c2[nH]c(=O)c(-c3cc(Cl)ccc3F)cc2Nc2ccnc3[nH]ccc23)CC1. The Morgan fingerprint density at radius 1 is 1.14 bits per heavy atom. The fraction of sp³-hybridized carbons (Fsp3) is 0.182. The van der Waals surface area contributed by atoms with Gasteiger partial charge in [0.15, 0.2) is 0 Å². The molecule has 0 amide bonds. The highest BCUT2D eigenvalue weighted by Gasteiger charge is 2.42. The molecule has 5 nitrogen and oxygen atoms in total. The number of nitrogens with one attached hydrogen (secondary N) is 3. The van der Waals surface area contributed by atoms with E-state index in [-0.39, 0.29) is 22.1 Å². The van der Waals surface area contributed by atoms with Crippen molar-refractivity contribution in [3.8, 4) is 11.1 Å². The maximum absolute atomic E-state index is 14.5. The van der Waals surface area contributed by atoms with Crippen LogP contribution in [0.5, 0.6) is 0 Å². The lowest BCUT2D eigenvalue weighted by atomic mass is 9.99. The molecule has 3 heterocycles. The molecule has 3 N–H and O–H groups in total. The first-order chi connectivity index (χ1) is 13.9. The monoisotopic (exact) mass is 408 g/mol. The minimum atomic E-state index is -0.492. The van der Waals surface area contributed by atoms with E-state index in [1.54, 1.807) is 12.3 Å². The Bertz CT molecular complexity index is 1310. The molecular weight excluding hydrogens is 391 g/mol. The van der Waals surface area contributed by atoms with Crippen LogP contribution in [0.15, 0.2) is 53.6 Å². The highest BCUT2D eigenvalue weighted by atomic mass is 35.5. The molecule has 1 fully saturated rings. The molecular formula is C22H18ClFN4O. The topological polar surface area (TPSA) is 73.6 Å². The van der Waals surface area contributed by atoms with Gasteiger partial charge in [-0.05, 0) is 49.2 Å². The Labute approximate surface area is 171 Å². The number of hydrogen-bond acceptors (Lipinski definition) is 3. The average Bonchev–Trinajstić information content (AvgIpc) is 3.25. The van der Waals surface area contributed by atoms with E-state index in [9.17, 15) is 9.18 Å². The Morgan fingerprint density at radius 3 is 2.76 bits per heavy atom. The lowest BCUT2D eigenvalue weighted by Crippen LogP contribution is -2.18. The van der Waals surface area contributed by atoms with Crippen LogP contribution >= 0.6 is 11.6 Å². The van der Waals surface area contributed by atoms with Crippen LogP contribution < -0.4 is 10.9 Å². The third kappa shape index (κ3) is 3.09. The van der Waals surface area contributed by atoms with Gasteiger partial charge in [-0.25, -0.2) is 9.37 Å². The number of pyridine rings is 2. The van der Waals surface area contributed by atoms with Gasteiger partial charge in [0.1, 0.15) is 11.5 Å². The molecule has 0 radical (unpaired) electrons. The van der Waals surface area contributed by atoms with E-state index in [0.717, 1.165) is 40.9 Å². The Morgan fingerprint density at radius 2 is 1.97 bits per heavy atom. The van der Waals surface area contributed by atoms with Crippen LogP contribution in [0.3, 0.4) is 0 Å². The molecule has 0 atom stereocenters. The molecule has 29 heavy (non-hydrogen) atoms. The number of rotatable bonds is 4. The summed E-state index contributed by atoms with van der Waals surface area (Å²) in [6.07, 6.45) is 5.51. The molecule has 5 rings (SSSR count). The summed E-state index contributed by atoms with van der Waals surface area (Å²) in [6, 6.07) is 9.73. The molecule has 7 heteroatoms. The second-order valence-electron chi connectivity index (χ2n) is 7.71. The van der Waals surface area contributed by atoms with E-state index in [1.807, 2.05) is 18.3 Å². The number of benzene rings is 1. The average molecular weight is 409 g/mol. The van der Waals surface area contributed by atoms with Crippen molar-refractivity contribution in [1.82, 2.24) is 15.0 Å². The highest BCUT2D eigenvalue weighted by Crippen LogP contribution is 2.49. The van der Waals surface area contributed by atoms with Crippen molar-refractivity contribution in [2.45, 2.75) is 25.2 Å². The third-order valence-corrected chi connectivity index (χ3v) is 5.83. The zero-order valence-corrected chi connectivity index (χ0v) is 16.4. The minimum Gasteiger partial charge on any atom is -0.353 e. The fourth-order valence-corrected chi connectivity index (χ4v) is 3.83. The molecule has 146 valence electrons. The van der Waals surface area contributed by atoms with Crippen LogP contribution in [0.25, 0.3) is 22.2 Å². The molecule has 3 aromatic heterocycles. The van der Waals surface area contributed by atoms with Crippen LogP contribution in [0, 0.1) is 5.82 Å². The highest BCUT2D eigenvalue weighted by molar-refractivity contribution is 6.30. The van der Waals surface area contributed by atoms with Crippen LogP contribution in [0.1, 0.15) is 25.5 Å². The quantitative estimate of drug-likeness (QED) is 0.417. The van der Waals surface area contributed by atoms with Crippen LogP contribution in [0.2, 0.25) is 5.02 Å². The first-order valence-electron chi connectivity index (χ1n) is 9.37. The lowest BCUT2D eigenvalue weighted by molar-refractivity contribution is 0.631. The van der Waals surface area contributed by atoms with E-state index in [4.69, 9.17) is 11.6 Å². The first kappa shape index (κ1) is 17.9. The fourth-order valence-electron chi connectivity index (χ4n) is 3.66. The normalized spacial score (nSPS) is 14.9. The van der Waals surface area contributed by atoms with Crippen molar-refractivity contribution in [3.63, 3.8) is 0 Å². The molecule has 4 aromatic rings. The van der Waals surface area contributed by atoms with Gasteiger partial charge in [0, 0.05) is 39.5 Å². The number of aromatic nitrogens is 3. The molecule has 1 aromatic carbocycles. The predicted molar refractivity (Wildman–Crippen MR) is 113 cm³/mol. The molecule has 0 bridgehead atoms. The summed E-state index contributed by atoms with van der Waals surface area (Å²) in [6.45, 7) is 2.11. The van der Waals surface area contributed by atoms with Gasteiger partial charge in [-0.3, -0.25) is 4.79 Å². The van der Waals surface area contributed by atoms with Gasteiger partial charge in [0.2, 0.25) is 0 Å². The lowest BCUT2D eigenvalue weighted by Gasteiger charge is -2.18. The van der Waals surface area contributed by atoms with Gasteiger partial charge in [-0.1, -0.05) is 18.5 Å². The molecule has 0 spiro atoms. The number of nitrogens with zero attached hydrogens (tertiary/aromatic N) is 1. The first-order valence-corrected chi connectivity index (χ1v) is 9.75. The molecule has 0 aliphatic heterocycles. The summed E-state index contributed by atoms with van der Waals surface area (Å²) >= 11 is 6.05. The van der Waals surface area contributed by atoms with Crippen molar-refractivity contribution in [2.75, 3.05) is 5.32 Å². The van der Waals surface area contributed by atoms with Gasteiger partial charge < -0.3 is 15.3 Å². The minimum absolute atomic E-state index is 0.100. The zero-order chi connectivity index (χ0) is 20.2. The Balaban J connectivity index is 1.70. The third-order valence-electron chi connectivity index (χ3n) is 5.59. The van der Waals surface area contributed by atoms with E-state index in [0.29, 0.717) is 5.02 Å². The number of H-pyrrole nitrogens is 2. The number of aromatic amines is 2.